The van der Waals surface area contributed by atoms with E-state index in [1.807, 2.05) is 12.1 Å². The maximum absolute atomic E-state index is 13.9. The molecule has 1 aliphatic carbocycles. The number of ether oxygens (including phenoxy) is 1. The van der Waals surface area contributed by atoms with E-state index in [1.165, 1.54) is 13.3 Å². The summed E-state index contributed by atoms with van der Waals surface area (Å²) >= 11 is 0. The summed E-state index contributed by atoms with van der Waals surface area (Å²) in [5, 5.41) is 0. The smallest absolute Gasteiger partial charge is 0.337 e. The normalized spacial score (nSPS) is 13.3. The van der Waals surface area contributed by atoms with Gasteiger partial charge in [0.2, 0.25) is 5.95 Å². The SMILES string of the molecule is COC(=O)c1ccc2c(c1)C(c1cccnc1F)=CCC2. The fourth-order valence-electron chi connectivity index (χ4n) is 2.61. The minimum Gasteiger partial charge on any atom is -0.465 e. The van der Waals surface area contributed by atoms with Crippen molar-refractivity contribution in [2.24, 2.45) is 0 Å². The van der Waals surface area contributed by atoms with Gasteiger partial charge in [0.25, 0.3) is 0 Å². The Balaban J connectivity index is 2.13. The molecule has 0 radical (unpaired) electrons. The summed E-state index contributed by atoms with van der Waals surface area (Å²) < 4.78 is 18.7. The maximum Gasteiger partial charge on any atom is 0.337 e. The number of hydrogen-bond donors (Lipinski definition) is 0. The van der Waals surface area contributed by atoms with E-state index in [-0.39, 0.29) is 0 Å². The second-order valence-corrected chi connectivity index (χ2v) is 4.86. The molecule has 21 heavy (non-hydrogen) atoms. The van der Waals surface area contributed by atoms with E-state index < -0.39 is 11.9 Å². The second kappa shape index (κ2) is 5.48. The van der Waals surface area contributed by atoms with Gasteiger partial charge in [-0.2, -0.15) is 4.39 Å². The molecule has 1 aliphatic rings. The highest BCUT2D eigenvalue weighted by atomic mass is 19.1. The van der Waals surface area contributed by atoms with Crippen molar-refractivity contribution in [1.82, 2.24) is 4.98 Å². The van der Waals surface area contributed by atoms with Crippen LogP contribution in [0.2, 0.25) is 0 Å². The number of halogens is 1. The Bertz CT molecular complexity index is 737. The summed E-state index contributed by atoms with van der Waals surface area (Å²) in [4.78, 5) is 15.4. The van der Waals surface area contributed by atoms with Crippen molar-refractivity contribution in [3.8, 4) is 0 Å². The Kier molecular flexibility index (Phi) is 3.52. The number of benzene rings is 1. The molecular formula is C17H14FNO2. The monoisotopic (exact) mass is 283 g/mol. The van der Waals surface area contributed by atoms with Crippen LogP contribution >= 0.6 is 0 Å². The zero-order chi connectivity index (χ0) is 14.8. The number of allylic oxidation sites excluding steroid dienone is 1. The van der Waals surface area contributed by atoms with Gasteiger partial charge in [-0.15, -0.1) is 0 Å². The highest BCUT2D eigenvalue weighted by Crippen LogP contribution is 2.33. The molecule has 0 atom stereocenters. The molecule has 0 saturated carbocycles. The molecule has 1 aromatic carbocycles. The minimum absolute atomic E-state index is 0.394. The highest BCUT2D eigenvalue weighted by molar-refractivity contribution is 5.92. The van der Waals surface area contributed by atoms with Crippen LogP contribution in [0.1, 0.15) is 33.5 Å². The molecule has 0 saturated heterocycles. The van der Waals surface area contributed by atoms with Crippen molar-refractivity contribution in [2.45, 2.75) is 12.8 Å². The van der Waals surface area contributed by atoms with Gasteiger partial charge in [-0.3, -0.25) is 0 Å². The largest absolute Gasteiger partial charge is 0.465 e. The number of esters is 1. The Morgan fingerprint density at radius 1 is 1.29 bits per heavy atom. The van der Waals surface area contributed by atoms with Crippen LogP contribution in [-0.2, 0) is 11.2 Å². The van der Waals surface area contributed by atoms with E-state index in [4.69, 9.17) is 4.74 Å². The number of pyridine rings is 1. The Morgan fingerprint density at radius 3 is 2.90 bits per heavy atom. The third-order valence-electron chi connectivity index (χ3n) is 3.63. The van der Waals surface area contributed by atoms with Crippen molar-refractivity contribution < 1.29 is 13.9 Å². The molecule has 3 nitrogen and oxygen atoms in total. The molecule has 0 unspecified atom stereocenters. The minimum atomic E-state index is -0.500. The second-order valence-electron chi connectivity index (χ2n) is 4.86. The van der Waals surface area contributed by atoms with E-state index in [0.717, 1.165) is 29.5 Å². The van der Waals surface area contributed by atoms with Gasteiger partial charge < -0.3 is 4.74 Å². The molecule has 1 aromatic heterocycles. The van der Waals surface area contributed by atoms with Crippen LogP contribution < -0.4 is 0 Å². The number of nitrogens with zero attached hydrogens (tertiary/aromatic N) is 1. The highest BCUT2D eigenvalue weighted by Gasteiger charge is 2.19. The number of carbonyl (C=O) groups is 1. The van der Waals surface area contributed by atoms with Crippen LogP contribution in [0, 0.1) is 5.95 Å². The van der Waals surface area contributed by atoms with Crippen LogP contribution in [-0.4, -0.2) is 18.1 Å². The molecular weight excluding hydrogens is 269 g/mol. The zero-order valence-electron chi connectivity index (χ0n) is 11.6. The first-order valence-corrected chi connectivity index (χ1v) is 6.73. The number of hydrogen-bond acceptors (Lipinski definition) is 3. The van der Waals surface area contributed by atoms with Gasteiger partial charge in [0.15, 0.2) is 0 Å². The lowest BCUT2D eigenvalue weighted by Gasteiger charge is -2.19. The molecule has 0 amide bonds. The number of aromatic nitrogens is 1. The average Bonchev–Trinajstić information content (AvgIpc) is 2.53. The van der Waals surface area contributed by atoms with Gasteiger partial charge in [-0.1, -0.05) is 12.1 Å². The molecule has 0 N–H and O–H groups in total. The first-order valence-electron chi connectivity index (χ1n) is 6.73. The summed E-state index contributed by atoms with van der Waals surface area (Å²) in [6.45, 7) is 0. The van der Waals surface area contributed by atoms with E-state index in [1.54, 1.807) is 24.3 Å². The third kappa shape index (κ3) is 2.44. The summed E-state index contributed by atoms with van der Waals surface area (Å²) in [5.41, 5.74) is 3.68. The predicted molar refractivity (Wildman–Crippen MR) is 77.4 cm³/mol. The third-order valence-corrected chi connectivity index (χ3v) is 3.63. The predicted octanol–water partition coefficient (Wildman–Crippen LogP) is 3.39. The van der Waals surface area contributed by atoms with Crippen LogP contribution in [0.4, 0.5) is 4.39 Å². The van der Waals surface area contributed by atoms with Gasteiger partial charge in [-0.25, -0.2) is 9.78 Å². The first-order chi connectivity index (χ1) is 10.2. The van der Waals surface area contributed by atoms with E-state index in [9.17, 15) is 9.18 Å². The fourth-order valence-corrected chi connectivity index (χ4v) is 2.61. The molecule has 106 valence electrons. The molecule has 0 bridgehead atoms. The summed E-state index contributed by atoms with van der Waals surface area (Å²) in [6, 6.07) is 8.82. The van der Waals surface area contributed by atoms with Crippen LogP contribution in [0.3, 0.4) is 0 Å². The number of fused-ring (bicyclic) bond motifs is 1. The molecule has 0 spiro atoms. The van der Waals surface area contributed by atoms with Gasteiger partial charge in [0, 0.05) is 11.8 Å². The summed E-state index contributed by atoms with van der Waals surface area (Å²) in [6.07, 6.45) is 5.13. The molecule has 1 heterocycles. The summed E-state index contributed by atoms with van der Waals surface area (Å²) in [5.74, 6) is -0.894. The number of methoxy groups -OCH3 is 1. The summed E-state index contributed by atoms with van der Waals surface area (Å²) in [7, 11) is 1.35. The van der Waals surface area contributed by atoms with Crippen molar-refractivity contribution in [2.75, 3.05) is 7.11 Å². The molecule has 0 aliphatic heterocycles. The van der Waals surface area contributed by atoms with Gasteiger partial charge >= 0.3 is 5.97 Å². The van der Waals surface area contributed by atoms with E-state index in [0.29, 0.717) is 11.1 Å². The molecule has 0 fully saturated rings. The van der Waals surface area contributed by atoms with E-state index >= 15 is 0 Å². The zero-order valence-corrected chi connectivity index (χ0v) is 11.6. The van der Waals surface area contributed by atoms with Crippen molar-refractivity contribution in [3.05, 3.63) is 70.8 Å². The van der Waals surface area contributed by atoms with Crippen LogP contribution in [0.15, 0.2) is 42.6 Å². The Labute approximate surface area is 122 Å². The number of aryl methyl sites for hydroxylation is 1. The van der Waals surface area contributed by atoms with Crippen molar-refractivity contribution >= 4 is 11.5 Å². The molecule has 4 heteroatoms. The topological polar surface area (TPSA) is 39.2 Å². The van der Waals surface area contributed by atoms with Crippen molar-refractivity contribution in [1.29, 1.82) is 0 Å². The lowest BCUT2D eigenvalue weighted by Crippen LogP contribution is -2.07. The first kappa shape index (κ1) is 13.5. The molecule has 2 aromatic rings. The number of rotatable bonds is 2. The Hall–Kier alpha value is -2.49. The van der Waals surface area contributed by atoms with Crippen LogP contribution in [0.5, 0.6) is 0 Å². The lowest BCUT2D eigenvalue weighted by atomic mass is 9.86. The lowest BCUT2D eigenvalue weighted by molar-refractivity contribution is 0.0600. The van der Waals surface area contributed by atoms with E-state index in [2.05, 4.69) is 4.98 Å². The fraction of sp³-hybridized carbons (Fsp3) is 0.176. The standard InChI is InChI=1S/C17H14FNO2/c1-21-17(20)12-8-7-11-4-2-5-13(15(11)10-12)14-6-3-9-19-16(14)18/h3,5-10H,2,4H2,1H3. The van der Waals surface area contributed by atoms with Crippen molar-refractivity contribution in [3.63, 3.8) is 0 Å². The quantitative estimate of drug-likeness (QED) is 0.626. The van der Waals surface area contributed by atoms with Gasteiger partial charge in [-0.05, 0) is 53.8 Å². The maximum atomic E-state index is 13.9. The average molecular weight is 283 g/mol. The Morgan fingerprint density at radius 2 is 2.14 bits per heavy atom. The van der Waals surface area contributed by atoms with Crippen LogP contribution in [0.25, 0.3) is 5.57 Å². The molecule has 3 rings (SSSR count). The van der Waals surface area contributed by atoms with Gasteiger partial charge in [0.1, 0.15) is 0 Å². The number of carbonyl (C=O) groups excluding carboxylic acids is 1. The van der Waals surface area contributed by atoms with Gasteiger partial charge in [0.05, 0.1) is 12.7 Å².